The Bertz CT molecular complexity index is 829. The molecule has 0 spiro atoms. The second-order valence-electron chi connectivity index (χ2n) is 7.47. The van der Waals surface area contributed by atoms with Gasteiger partial charge in [-0.15, -0.1) is 0 Å². The highest BCUT2D eigenvalue weighted by molar-refractivity contribution is 5.97. The highest BCUT2D eigenvalue weighted by atomic mass is 16.2. The molecule has 0 saturated heterocycles. The molecule has 162 valence electrons. The highest BCUT2D eigenvalue weighted by Gasteiger charge is 2.14. The number of carbonyl (C=O) groups excluding carboxylic acids is 2. The molecule has 2 rings (SSSR count). The Morgan fingerprint density at radius 3 is 2.13 bits per heavy atom. The van der Waals surface area contributed by atoms with Gasteiger partial charge in [-0.25, -0.2) is 0 Å². The van der Waals surface area contributed by atoms with E-state index in [1.165, 1.54) is 5.56 Å². The lowest BCUT2D eigenvalue weighted by Gasteiger charge is -2.21. The van der Waals surface area contributed by atoms with Crippen LogP contribution in [-0.2, 0) is 11.3 Å². The van der Waals surface area contributed by atoms with Crippen molar-refractivity contribution in [1.29, 1.82) is 0 Å². The fraction of sp³-hybridized carbons (Fsp3) is 0.417. The monoisotopic (exact) mass is 410 g/mol. The van der Waals surface area contributed by atoms with Crippen molar-refractivity contribution >= 4 is 23.2 Å². The summed E-state index contributed by atoms with van der Waals surface area (Å²) in [6, 6.07) is 15.5. The Kier molecular flexibility index (Phi) is 8.87. The van der Waals surface area contributed by atoms with Crippen LogP contribution in [0.15, 0.2) is 48.5 Å². The van der Waals surface area contributed by atoms with E-state index < -0.39 is 0 Å². The van der Waals surface area contributed by atoms with Crippen LogP contribution in [0.2, 0.25) is 0 Å². The maximum Gasteiger partial charge on any atom is 0.253 e. The van der Waals surface area contributed by atoms with E-state index in [0.29, 0.717) is 37.4 Å². The normalized spacial score (nSPS) is 10.7. The van der Waals surface area contributed by atoms with Gasteiger partial charge in [-0.1, -0.05) is 25.1 Å². The Balaban J connectivity index is 1.98. The molecule has 30 heavy (non-hydrogen) atoms. The SMILES string of the molecule is CCN(CC(=O)Nc1cccc(C(=O)N(CC)CC)c1)Cc1ccc(N(C)C)cc1. The van der Waals surface area contributed by atoms with E-state index in [-0.39, 0.29) is 11.8 Å². The predicted octanol–water partition coefficient (Wildman–Crippen LogP) is 3.70. The molecule has 0 aliphatic carbocycles. The van der Waals surface area contributed by atoms with Crippen molar-refractivity contribution in [3.05, 3.63) is 59.7 Å². The van der Waals surface area contributed by atoms with Crippen molar-refractivity contribution in [1.82, 2.24) is 9.80 Å². The summed E-state index contributed by atoms with van der Waals surface area (Å²) in [6.45, 7) is 9.05. The number of amides is 2. The van der Waals surface area contributed by atoms with Crippen LogP contribution >= 0.6 is 0 Å². The highest BCUT2D eigenvalue weighted by Crippen LogP contribution is 2.15. The Labute approximate surface area is 180 Å². The van der Waals surface area contributed by atoms with Crippen LogP contribution in [0.5, 0.6) is 0 Å². The number of anilines is 2. The van der Waals surface area contributed by atoms with E-state index in [4.69, 9.17) is 0 Å². The third-order valence-corrected chi connectivity index (χ3v) is 5.12. The van der Waals surface area contributed by atoms with Crippen molar-refractivity contribution in [2.24, 2.45) is 0 Å². The Hall–Kier alpha value is -2.86. The van der Waals surface area contributed by atoms with E-state index in [1.807, 2.05) is 40.9 Å². The van der Waals surface area contributed by atoms with Crippen LogP contribution in [0, 0.1) is 0 Å². The minimum absolute atomic E-state index is 0.0209. The third kappa shape index (κ3) is 6.59. The number of hydrogen-bond acceptors (Lipinski definition) is 4. The molecule has 0 fully saturated rings. The summed E-state index contributed by atoms with van der Waals surface area (Å²) in [6.07, 6.45) is 0. The van der Waals surface area contributed by atoms with Gasteiger partial charge in [0.05, 0.1) is 6.54 Å². The number of likely N-dealkylation sites (N-methyl/N-ethyl adjacent to an activating group) is 1. The number of hydrogen-bond donors (Lipinski definition) is 1. The fourth-order valence-electron chi connectivity index (χ4n) is 3.26. The zero-order chi connectivity index (χ0) is 22.1. The smallest absolute Gasteiger partial charge is 0.253 e. The molecule has 6 nitrogen and oxygen atoms in total. The summed E-state index contributed by atoms with van der Waals surface area (Å²) in [5.41, 5.74) is 3.55. The van der Waals surface area contributed by atoms with E-state index in [1.54, 1.807) is 23.1 Å². The standard InChI is InChI=1S/C24H34N4O2/c1-6-27(17-19-12-14-22(15-13-19)26(4)5)18-23(29)25-21-11-9-10-20(16-21)24(30)28(7-2)8-3/h9-16H,6-8,17-18H2,1-5H3,(H,25,29). The second-order valence-corrected chi connectivity index (χ2v) is 7.47. The molecular formula is C24H34N4O2. The molecule has 1 N–H and O–H groups in total. The van der Waals surface area contributed by atoms with Gasteiger partial charge < -0.3 is 15.1 Å². The molecule has 0 bridgehead atoms. The summed E-state index contributed by atoms with van der Waals surface area (Å²) in [4.78, 5) is 31.0. The molecule has 0 heterocycles. The molecule has 0 aliphatic rings. The largest absolute Gasteiger partial charge is 0.378 e. The first-order chi connectivity index (χ1) is 14.4. The maximum absolute atomic E-state index is 12.6. The summed E-state index contributed by atoms with van der Waals surface area (Å²) < 4.78 is 0. The maximum atomic E-state index is 12.6. The molecule has 0 aliphatic heterocycles. The minimum Gasteiger partial charge on any atom is -0.378 e. The van der Waals surface area contributed by atoms with Gasteiger partial charge in [0.25, 0.3) is 5.91 Å². The van der Waals surface area contributed by atoms with E-state index in [0.717, 1.165) is 12.2 Å². The average Bonchev–Trinajstić information content (AvgIpc) is 2.74. The van der Waals surface area contributed by atoms with Crippen LogP contribution < -0.4 is 10.2 Å². The van der Waals surface area contributed by atoms with Crippen LogP contribution in [0.4, 0.5) is 11.4 Å². The Morgan fingerprint density at radius 1 is 0.900 bits per heavy atom. The van der Waals surface area contributed by atoms with Gasteiger partial charge in [-0.3, -0.25) is 14.5 Å². The zero-order valence-corrected chi connectivity index (χ0v) is 18.8. The molecule has 0 saturated carbocycles. The fourth-order valence-corrected chi connectivity index (χ4v) is 3.26. The van der Waals surface area contributed by atoms with E-state index in [9.17, 15) is 9.59 Å². The molecule has 2 amide bonds. The number of benzene rings is 2. The summed E-state index contributed by atoms with van der Waals surface area (Å²) >= 11 is 0. The predicted molar refractivity (Wildman–Crippen MR) is 124 cm³/mol. The summed E-state index contributed by atoms with van der Waals surface area (Å²) in [5.74, 6) is -0.110. The number of nitrogens with zero attached hydrogens (tertiary/aromatic N) is 3. The average molecular weight is 411 g/mol. The van der Waals surface area contributed by atoms with Crippen molar-refractivity contribution in [2.45, 2.75) is 27.3 Å². The van der Waals surface area contributed by atoms with Crippen molar-refractivity contribution < 1.29 is 9.59 Å². The van der Waals surface area contributed by atoms with Crippen molar-refractivity contribution in [2.75, 3.05) is 50.5 Å². The summed E-state index contributed by atoms with van der Waals surface area (Å²) in [5, 5.41) is 2.93. The molecule has 2 aromatic carbocycles. The molecule has 0 radical (unpaired) electrons. The number of carbonyl (C=O) groups is 2. The van der Waals surface area contributed by atoms with Gasteiger partial charge >= 0.3 is 0 Å². The van der Waals surface area contributed by atoms with Gasteiger partial charge in [0.1, 0.15) is 0 Å². The Morgan fingerprint density at radius 2 is 1.57 bits per heavy atom. The lowest BCUT2D eigenvalue weighted by atomic mass is 10.1. The van der Waals surface area contributed by atoms with Crippen molar-refractivity contribution in [3.63, 3.8) is 0 Å². The van der Waals surface area contributed by atoms with Gasteiger partial charge in [0.2, 0.25) is 5.91 Å². The van der Waals surface area contributed by atoms with Crippen LogP contribution in [0.1, 0.15) is 36.7 Å². The second kappa shape index (κ2) is 11.4. The first-order valence-corrected chi connectivity index (χ1v) is 10.6. The molecule has 6 heteroatoms. The van der Waals surface area contributed by atoms with Gasteiger partial charge in [0.15, 0.2) is 0 Å². The first kappa shape index (κ1) is 23.4. The number of nitrogens with one attached hydrogen (secondary N) is 1. The van der Waals surface area contributed by atoms with Crippen LogP contribution in [0.25, 0.3) is 0 Å². The minimum atomic E-state index is -0.0887. The molecule has 0 aromatic heterocycles. The van der Waals surface area contributed by atoms with Crippen molar-refractivity contribution in [3.8, 4) is 0 Å². The topological polar surface area (TPSA) is 55.9 Å². The van der Waals surface area contributed by atoms with Crippen LogP contribution in [-0.4, -0.2) is 61.9 Å². The van der Waals surface area contributed by atoms with Gasteiger partial charge in [0, 0.05) is 50.7 Å². The van der Waals surface area contributed by atoms with Gasteiger partial charge in [-0.05, 0) is 56.3 Å². The number of rotatable bonds is 10. The molecule has 0 unspecified atom stereocenters. The summed E-state index contributed by atoms with van der Waals surface area (Å²) in [7, 11) is 4.03. The van der Waals surface area contributed by atoms with E-state index >= 15 is 0 Å². The quantitative estimate of drug-likeness (QED) is 0.649. The lowest BCUT2D eigenvalue weighted by molar-refractivity contribution is -0.117. The zero-order valence-electron chi connectivity index (χ0n) is 18.8. The lowest BCUT2D eigenvalue weighted by Crippen LogP contribution is -2.33. The van der Waals surface area contributed by atoms with Gasteiger partial charge in [-0.2, -0.15) is 0 Å². The molecule has 2 aromatic rings. The first-order valence-electron chi connectivity index (χ1n) is 10.6. The molecule has 0 atom stereocenters. The molecular weight excluding hydrogens is 376 g/mol. The van der Waals surface area contributed by atoms with Crippen LogP contribution in [0.3, 0.4) is 0 Å². The third-order valence-electron chi connectivity index (χ3n) is 5.12. The van der Waals surface area contributed by atoms with E-state index in [2.05, 4.69) is 39.4 Å².